The Hall–Kier alpha value is -2.51. The first-order valence-electron chi connectivity index (χ1n) is 6.48. The van der Waals surface area contributed by atoms with E-state index in [1.165, 1.54) is 12.5 Å². The highest BCUT2D eigenvalue weighted by molar-refractivity contribution is 5.91. The lowest BCUT2D eigenvalue weighted by Crippen LogP contribution is -2.26. The van der Waals surface area contributed by atoms with Crippen LogP contribution in [0.3, 0.4) is 0 Å². The average molecular weight is 275 g/mol. The Morgan fingerprint density at radius 1 is 1.30 bits per heavy atom. The van der Waals surface area contributed by atoms with Gasteiger partial charge in [0.05, 0.1) is 12.4 Å². The molecular formula is C12H17N7O. The molecule has 0 unspecified atom stereocenters. The number of nitrogens with zero attached hydrogens (tertiary/aromatic N) is 4. The van der Waals surface area contributed by atoms with Crippen molar-refractivity contribution in [2.75, 3.05) is 18.4 Å². The van der Waals surface area contributed by atoms with Gasteiger partial charge in [0.1, 0.15) is 23.7 Å². The molecule has 0 aliphatic heterocycles. The number of anilines is 1. The monoisotopic (exact) mass is 275 g/mol. The zero-order valence-corrected chi connectivity index (χ0v) is 11.3. The number of nitrogens with one attached hydrogen (secondary N) is 3. The van der Waals surface area contributed by atoms with Gasteiger partial charge in [-0.3, -0.25) is 9.89 Å². The molecule has 0 saturated carbocycles. The molecule has 0 saturated heterocycles. The fraction of sp³-hybridized carbons (Fsp3) is 0.417. The zero-order valence-electron chi connectivity index (χ0n) is 11.3. The summed E-state index contributed by atoms with van der Waals surface area (Å²) in [5.41, 5.74) is 0.311. The van der Waals surface area contributed by atoms with Gasteiger partial charge in [0.25, 0.3) is 5.91 Å². The minimum atomic E-state index is -0.224. The molecule has 106 valence electrons. The van der Waals surface area contributed by atoms with Crippen molar-refractivity contribution in [3.63, 3.8) is 0 Å². The van der Waals surface area contributed by atoms with E-state index in [1.807, 2.05) is 6.92 Å². The third-order valence-electron chi connectivity index (χ3n) is 2.58. The molecule has 1 amide bonds. The van der Waals surface area contributed by atoms with Crippen LogP contribution in [0.25, 0.3) is 0 Å². The largest absolute Gasteiger partial charge is 0.369 e. The molecule has 2 aromatic rings. The molecule has 0 aromatic carbocycles. The molecule has 20 heavy (non-hydrogen) atoms. The Bertz CT molecular complexity index is 523. The first-order valence-corrected chi connectivity index (χ1v) is 6.48. The average Bonchev–Trinajstić information content (AvgIpc) is 2.98. The van der Waals surface area contributed by atoms with Crippen molar-refractivity contribution in [3.8, 4) is 0 Å². The van der Waals surface area contributed by atoms with Crippen LogP contribution in [-0.2, 0) is 6.42 Å². The van der Waals surface area contributed by atoms with Crippen LogP contribution < -0.4 is 10.6 Å². The van der Waals surface area contributed by atoms with Crippen molar-refractivity contribution in [3.05, 3.63) is 30.2 Å². The SMILES string of the molecule is CCNc1cnc(C(=O)NCCCc2ncn[nH]2)cn1. The topological polar surface area (TPSA) is 108 Å². The Labute approximate surface area is 116 Å². The van der Waals surface area contributed by atoms with Gasteiger partial charge in [-0.15, -0.1) is 0 Å². The van der Waals surface area contributed by atoms with E-state index in [0.717, 1.165) is 25.2 Å². The fourth-order valence-electron chi connectivity index (χ4n) is 1.62. The standard InChI is InChI=1S/C12H17N7O/c1-2-13-11-7-15-9(6-16-11)12(20)14-5-3-4-10-17-8-18-19-10/h6-8H,2-5H2,1H3,(H,13,16)(H,14,20)(H,17,18,19). The summed E-state index contributed by atoms with van der Waals surface area (Å²) in [6.45, 7) is 3.29. The van der Waals surface area contributed by atoms with E-state index in [0.29, 0.717) is 18.1 Å². The van der Waals surface area contributed by atoms with Gasteiger partial charge in [-0.25, -0.2) is 15.0 Å². The molecule has 0 bridgehead atoms. The van der Waals surface area contributed by atoms with E-state index in [9.17, 15) is 4.79 Å². The lowest BCUT2D eigenvalue weighted by Gasteiger charge is -2.05. The van der Waals surface area contributed by atoms with Crippen molar-refractivity contribution in [1.29, 1.82) is 0 Å². The van der Waals surface area contributed by atoms with Crippen molar-refractivity contribution in [2.45, 2.75) is 19.8 Å². The van der Waals surface area contributed by atoms with Crippen LogP contribution in [0.4, 0.5) is 5.82 Å². The summed E-state index contributed by atoms with van der Waals surface area (Å²) in [6.07, 6.45) is 6.00. The first-order chi connectivity index (χ1) is 9.79. The molecule has 0 aliphatic rings. The highest BCUT2D eigenvalue weighted by Gasteiger charge is 2.07. The maximum absolute atomic E-state index is 11.8. The molecule has 8 heteroatoms. The molecule has 2 heterocycles. The van der Waals surface area contributed by atoms with Crippen molar-refractivity contribution >= 4 is 11.7 Å². The number of amides is 1. The van der Waals surface area contributed by atoms with Gasteiger partial charge >= 0.3 is 0 Å². The molecule has 0 aliphatic carbocycles. The summed E-state index contributed by atoms with van der Waals surface area (Å²) in [4.78, 5) is 24.0. The molecule has 2 rings (SSSR count). The molecule has 2 aromatic heterocycles. The molecular weight excluding hydrogens is 258 g/mol. The maximum atomic E-state index is 11.8. The van der Waals surface area contributed by atoms with E-state index in [2.05, 4.69) is 35.8 Å². The predicted octanol–water partition coefficient (Wildman–Crippen LogP) is 0.389. The summed E-state index contributed by atoms with van der Waals surface area (Å²) >= 11 is 0. The van der Waals surface area contributed by atoms with Crippen LogP contribution in [0.5, 0.6) is 0 Å². The third kappa shape index (κ3) is 4.01. The number of hydrogen-bond acceptors (Lipinski definition) is 6. The normalized spacial score (nSPS) is 10.2. The van der Waals surface area contributed by atoms with Crippen molar-refractivity contribution in [2.24, 2.45) is 0 Å². The zero-order chi connectivity index (χ0) is 14.2. The van der Waals surface area contributed by atoms with Gasteiger partial charge in [0, 0.05) is 19.5 Å². The second kappa shape index (κ2) is 7.17. The second-order valence-electron chi connectivity index (χ2n) is 4.11. The number of carbonyl (C=O) groups excluding carboxylic acids is 1. The van der Waals surface area contributed by atoms with Crippen molar-refractivity contribution in [1.82, 2.24) is 30.5 Å². The third-order valence-corrected chi connectivity index (χ3v) is 2.58. The maximum Gasteiger partial charge on any atom is 0.271 e. The van der Waals surface area contributed by atoms with Crippen LogP contribution >= 0.6 is 0 Å². The van der Waals surface area contributed by atoms with E-state index in [-0.39, 0.29) is 5.91 Å². The fourth-order valence-corrected chi connectivity index (χ4v) is 1.62. The first kappa shape index (κ1) is 13.9. The van der Waals surface area contributed by atoms with Gasteiger partial charge in [-0.2, -0.15) is 5.10 Å². The van der Waals surface area contributed by atoms with E-state index in [1.54, 1.807) is 6.20 Å². The summed E-state index contributed by atoms with van der Waals surface area (Å²) in [7, 11) is 0. The predicted molar refractivity (Wildman–Crippen MR) is 73.2 cm³/mol. The van der Waals surface area contributed by atoms with Crippen LogP contribution in [0.1, 0.15) is 29.7 Å². The number of aromatic amines is 1. The van der Waals surface area contributed by atoms with Gasteiger partial charge in [0.2, 0.25) is 0 Å². The molecule has 0 atom stereocenters. The van der Waals surface area contributed by atoms with Gasteiger partial charge < -0.3 is 10.6 Å². The molecule has 3 N–H and O–H groups in total. The van der Waals surface area contributed by atoms with Crippen LogP contribution in [0, 0.1) is 0 Å². The highest BCUT2D eigenvalue weighted by atomic mass is 16.1. The number of aryl methyl sites for hydroxylation is 1. The number of rotatable bonds is 7. The van der Waals surface area contributed by atoms with Gasteiger partial charge in [-0.05, 0) is 13.3 Å². The molecule has 0 radical (unpaired) electrons. The minimum Gasteiger partial charge on any atom is -0.369 e. The second-order valence-corrected chi connectivity index (χ2v) is 4.11. The number of aromatic nitrogens is 5. The lowest BCUT2D eigenvalue weighted by molar-refractivity contribution is 0.0948. The van der Waals surface area contributed by atoms with E-state index >= 15 is 0 Å². The molecule has 0 fully saturated rings. The minimum absolute atomic E-state index is 0.224. The van der Waals surface area contributed by atoms with Gasteiger partial charge in [0.15, 0.2) is 0 Å². The lowest BCUT2D eigenvalue weighted by atomic mass is 10.3. The molecule has 8 nitrogen and oxygen atoms in total. The number of carbonyl (C=O) groups is 1. The Morgan fingerprint density at radius 3 is 2.85 bits per heavy atom. The van der Waals surface area contributed by atoms with E-state index < -0.39 is 0 Å². The quantitative estimate of drug-likeness (QED) is 0.631. The Morgan fingerprint density at radius 2 is 2.20 bits per heavy atom. The smallest absolute Gasteiger partial charge is 0.271 e. The Balaban J connectivity index is 1.73. The number of H-pyrrole nitrogens is 1. The van der Waals surface area contributed by atoms with Crippen LogP contribution in [0.15, 0.2) is 18.7 Å². The summed E-state index contributed by atoms with van der Waals surface area (Å²) in [6, 6.07) is 0. The summed E-state index contributed by atoms with van der Waals surface area (Å²) in [5.74, 6) is 1.25. The van der Waals surface area contributed by atoms with Crippen LogP contribution in [-0.4, -0.2) is 44.1 Å². The van der Waals surface area contributed by atoms with Crippen molar-refractivity contribution < 1.29 is 4.79 Å². The summed E-state index contributed by atoms with van der Waals surface area (Å²) < 4.78 is 0. The number of hydrogen-bond donors (Lipinski definition) is 3. The highest BCUT2D eigenvalue weighted by Crippen LogP contribution is 2.00. The van der Waals surface area contributed by atoms with E-state index in [4.69, 9.17) is 0 Å². The molecule has 0 spiro atoms. The van der Waals surface area contributed by atoms with Crippen LogP contribution in [0.2, 0.25) is 0 Å². The Kier molecular flexibility index (Phi) is 4.99. The van der Waals surface area contributed by atoms with Gasteiger partial charge in [-0.1, -0.05) is 0 Å². The summed E-state index contributed by atoms with van der Waals surface area (Å²) in [5, 5.41) is 12.3.